The van der Waals surface area contributed by atoms with Crippen LogP contribution in [-0.4, -0.2) is 25.7 Å². The Labute approximate surface area is 93.4 Å². The number of rotatable bonds is 4. The molecular weight excluding hydrogens is 210 g/mol. The van der Waals surface area contributed by atoms with Crippen molar-refractivity contribution in [2.75, 3.05) is 13.7 Å². The van der Waals surface area contributed by atoms with Gasteiger partial charge < -0.3 is 9.47 Å². The van der Waals surface area contributed by atoms with Gasteiger partial charge in [0.25, 0.3) is 0 Å². The van der Waals surface area contributed by atoms with Gasteiger partial charge in [-0.25, -0.2) is 4.79 Å². The van der Waals surface area contributed by atoms with Crippen LogP contribution in [0.3, 0.4) is 0 Å². The average Bonchev–Trinajstić information content (AvgIpc) is 2.30. The lowest BCUT2D eigenvalue weighted by Gasteiger charge is -2.05. The number of methoxy groups -OCH3 is 1. The molecule has 5 heteroatoms. The van der Waals surface area contributed by atoms with Gasteiger partial charge in [-0.2, -0.15) is 0 Å². The summed E-state index contributed by atoms with van der Waals surface area (Å²) in [6.45, 7) is 0.215. The van der Waals surface area contributed by atoms with Crippen LogP contribution >= 0.6 is 0 Å². The highest BCUT2D eigenvalue weighted by atomic mass is 16.5. The van der Waals surface area contributed by atoms with E-state index >= 15 is 0 Å². The maximum Gasteiger partial charge on any atom is 0.413 e. The van der Waals surface area contributed by atoms with E-state index in [0.29, 0.717) is 5.75 Å². The van der Waals surface area contributed by atoms with E-state index in [9.17, 15) is 9.59 Å². The SMILES string of the molecule is COC(=O)NC(=O)CCOc1ccccc1. The number of hydrogen-bond acceptors (Lipinski definition) is 4. The van der Waals surface area contributed by atoms with Crippen LogP contribution in [0.5, 0.6) is 5.75 Å². The Kier molecular flexibility index (Phi) is 4.85. The van der Waals surface area contributed by atoms with Gasteiger partial charge in [-0.15, -0.1) is 0 Å². The van der Waals surface area contributed by atoms with Gasteiger partial charge in [-0.1, -0.05) is 18.2 Å². The van der Waals surface area contributed by atoms with Crippen molar-refractivity contribution in [3.63, 3.8) is 0 Å². The third-order valence-electron chi connectivity index (χ3n) is 1.77. The maximum absolute atomic E-state index is 11.1. The molecule has 0 saturated carbocycles. The number of para-hydroxylation sites is 1. The Morgan fingerprint density at radius 3 is 2.56 bits per heavy atom. The zero-order valence-corrected chi connectivity index (χ0v) is 8.93. The molecule has 0 spiro atoms. The molecule has 1 N–H and O–H groups in total. The van der Waals surface area contributed by atoms with Crippen LogP contribution in [0.4, 0.5) is 4.79 Å². The quantitative estimate of drug-likeness (QED) is 0.836. The summed E-state index contributed by atoms with van der Waals surface area (Å²) < 4.78 is 9.55. The van der Waals surface area contributed by atoms with E-state index in [0.717, 1.165) is 0 Å². The molecule has 0 aromatic heterocycles. The number of alkyl carbamates (subject to hydrolysis) is 1. The number of imide groups is 1. The van der Waals surface area contributed by atoms with Crippen LogP contribution in [0.2, 0.25) is 0 Å². The van der Waals surface area contributed by atoms with Gasteiger partial charge >= 0.3 is 6.09 Å². The summed E-state index contributed by atoms with van der Waals surface area (Å²) in [5.41, 5.74) is 0. The Balaban J connectivity index is 2.21. The smallest absolute Gasteiger partial charge is 0.413 e. The standard InChI is InChI=1S/C11H13NO4/c1-15-11(14)12-10(13)7-8-16-9-5-3-2-4-6-9/h2-6H,7-8H2,1H3,(H,12,13,14). The Morgan fingerprint density at radius 1 is 1.25 bits per heavy atom. The van der Waals surface area contributed by atoms with E-state index in [2.05, 4.69) is 4.74 Å². The van der Waals surface area contributed by atoms with E-state index in [4.69, 9.17) is 4.74 Å². The van der Waals surface area contributed by atoms with Crippen molar-refractivity contribution in [2.24, 2.45) is 0 Å². The van der Waals surface area contributed by atoms with Gasteiger partial charge in [-0.05, 0) is 12.1 Å². The van der Waals surface area contributed by atoms with Gasteiger partial charge in [0.1, 0.15) is 5.75 Å². The van der Waals surface area contributed by atoms with Crippen LogP contribution in [0.25, 0.3) is 0 Å². The molecule has 86 valence electrons. The van der Waals surface area contributed by atoms with Crippen LogP contribution < -0.4 is 10.1 Å². The molecule has 2 amide bonds. The minimum absolute atomic E-state index is 0.101. The maximum atomic E-state index is 11.1. The van der Waals surface area contributed by atoms with Crippen molar-refractivity contribution in [3.05, 3.63) is 30.3 Å². The second-order valence-corrected chi connectivity index (χ2v) is 2.95. The summed E-state index contributed by atoms with van der Waals surface area (Å²) in [6, 6.07) is 9.13. The van der Waals surface area contributed by atoms with Crippen LogP contribution in [0, 0.1) is 0 Å². The summed E-state index contributed by atoms with van der Waals surface area (Å²) in [5, 5.41) is 2.04. The van der Waals surface area contributed by atoms with E-state index in [1.54, 1.807) is 12.1 Å². The van der Waals surface area contributed by atoms with Gasteiger partial charge in [0, 0.05) is 0 Å². The number of carbonyl (C=O) groups is 2. The van der Waals surface area contributed by atoms with Crippen molar-refractivity contribution in [3.8, 4) is 5.75 Å². The summed E-state index contributed by atoms with van der Waals surface area (Å²) in [6.07, 6.45) is -0.658. The molecule has 1 aromatic carbocycles. The number of amides is 2. The average molecular weight is 223 g/mol. The lowest BCUT2D eigenvalue weighted by molar-refractivity contribution is -0.120. The monoisotopic (exact) mass is 223 g/mol. The lowest BCUT2D eigenvalue weighted by atomic mass is 10.3. The van der Waals surface area contributed by atoms with Crippen LogP contribution in [0.15, 0.2) is 30.3 Å². The van der Waals surface area contributed by atoms with Crippen molar-refractivity contribution >= 4 is 12.0 Å². The number of nitrogens with one attached hydrogen (secondary N) is 1. The third kappa shape index (κ3) is 4.45. The molecule has 0 radical (unpaired) electrons. The van der Waals surface area contributed by atoms with E-state index < -0.39 is 12.0 Å². The highest BCUT2D eigenvalue weighted by Crippen LogP contribution is 2.08. The fourth-order valence-corrected chi connectivity index (χ4v) is 1.01. The Morgan fingerprint density at radius 2 is 1.94 bits per heavy atom. The van der Waals surface area contributed by atoms with E-state index in [1.807, 2.05) is 23.5 Å². The highest BCUT2D eigenvalue weighted by molar-refractivity contribution is 5.91. The normalized spacial score (nSPS) is 9.31. The first kappa shape index (κ1) is 12.0. The van der Waals surface area contributed by atoms with Crippen molar-refractivity contribution in [2.45, 2.75) is 6.42 Å². The first-order valence-electron chi connectivity index (χ1n) is 4.78. The molecule has 0 saturated heterocycles. The molecular formula is C11H13NO4. The molecule has 0 atom stereocenters. The first-order valence-corrected chi connectivity index (χ1v) is 4.78. The fourth-order valence-electron chi connectivity index (χ4n) is 1.01. The largest absolute Gasteiger partial charge is 0.493 e. The van der Waals surface area contributed by atoms with Gasteiger partial charge in [0.15, 0.2) is 0 Å². The fraction of sp³-hybridized carbons (Fsp3) is 0.273. The minimum atomic E-state index is -0.760. The van der Waals surface area contributed by atoms with Crippen molar-refractivity contribution < 1.29 is 19.1 Å². The molecule has 0 unspecified atom stereocenters. The molecule has 0 fully saturated rings. The molecule has 0 bridgehead atoms. The molecule has 0 aliphatic heterocycles. The zero-order valence-electron chi connectivity index (χ0n) is 8.93. The lowest BCUT2D eigenvalue weighted by Crippen LogP contribution is -2.31. The predicted molar refractivity (Wildman–Crippen MR) is 57.1 cm³/mol. The van der Waals surface area contributed by atoms with E-state index in [-0.39, 0.29) is 13.0 Å². The third-order valence-corrected chi connectivity index (χ3v) is 1.77. The molecule has 16 heavy (non-hydrogen) atoms. The topological polar surface area (TPSA) is 64.6 Å². The molecule has 5 nitrogen and oxygen atoms in total. The molecule has 0 aliphatic rings. The van der Waals surface area contributed by atoms with Crippen LogP contribution in [-0.2, 0) is 9.53 Å². The number of benzene rings is 1. The first-order chi connectivity index (χ1) is 7.72. The molecule has 0 heterocycles. The summed E-state index contributed by atoms with van der Waals surface area (Å²) >= 11 is 0. The molecule has 0 aliphatic carbocycles. The Hall–Kier alpha value is -2.04. The van der Waals surface area contributed by atoms with Crippen molar-refractivity contribution in [1.29, 1.82) is 0 Å². The second-order valence-electron chi connectivity index (χ2n) is 2.95. The summed E-state index contributed by atoms with van der Waals surface area (Å²) in [4.78, 5) is 21.8. The van der Waals surface area contributed by atoms with Gasteiger partial charge in [0.2, 0.25) is 5.91 Å². The Bertz CT molecular complexity index is 350. The van der Waals surface area contributed by atoms with Gasteiger partial charge in [0.05, 0.1) is 20.1 Å². The zero-order chi connectivity index (χ0) is 11.8. The number of hydrogen-bond donors (Lipinski definition) is 1. The van der Waals surface area contributed by atoms with Gasteiger partial charge in [-0.3, -0.25) is 10.1 Å². The highest BCUT2D eigenvalue weighted by Gasteiger charge is 2.06. The van der Waals surface area contributed by atoms with E-state index in [1.165, 1.54) is 7.11 Å². The minimum Gasteiger partial charge on any atom is -0.493 e. The number of ether oxygens (including phenoxy) is 2. The number of carbonyl (C=O) groups excluding carboxylic acids is 2. The summed E-state index contributed by atoms with van der Waals surface area (Å²) in [7, 11) is 1.20. The predicted octanol–water partition coefficient (Wildman–Crippen LogP) is 1.34. The van der Waals surface area contributed by atoms with Crippen LogP contribution in [0.1, 0.15) is 6.42 Å². The summed E-state index contributed by atoms with van der Waals surface area (Å²) in [5.74, 6) is 0.260. The molecule has 1 aromatic rings. The van der Waals surface area contributed by atoms with Crippen molar-refractivity contribution in [1.82, 2.24) is 5.32 Å². The second kappa shape index (κ2) is 6.44. The molecule has 1 rings (SSSR count).